The number of rotatable bonds is 5. The van der Waals surface area contributed by atoms with E-state index in [1.807, 2.05) is 31.2 Å². The first-order valence-electron chi connectivity index (χ1n) is 6.80. The van der Waals surface area contributed by atoms with Gasteiger partial charge in [0.25, 0.3) is 0 Å². The molecular formula is C17H19ClFN. The predicted molar refractivity (Wildman–Crippen MR) is 82.7 cm³/mol. The summed E-state index contributed by atoms with van der Waals surface area (Å²) in [5.41, 5.74) is 3.35. The van der Waals surface area contributed by atoms with Crippen molar-refractivity contribution in [1.82, 2.24) is 5.32 Å². The monoisotopic (exact) mass is 291 g/mol. The molecular weight excluding hydrogens is 273 g/mol. The van der Waals surface area contributed by atoms with Crippen LogP contribution in [0, 0.1) is 12.7 Å². The molecule has 0 aliphatic heterocycles. The van der Waals surface area contributed by atoms with E-state index >= 15 is 0 Å². The second-order valence-corrected chi connectivity index (χ2v) is 5.49. The molecule has 20 heavy (non-hydrogen) atoms. The number of hydrogen-bond acceptors (Lipinski definition) is 1. The lowest BCUT2D eigenvalue weighted by Gasteiger charge is -2.15. The Morgan fingerprint density at radius 1 is 1.20 bits per heavy atom. The first-order valence-corrected chi connectivity index (χ1v) is 7.18. The van der Waals surface area contributed by atoms with E-state index in [4.69, 9.17) is 11.6 Å². The summed E-state index contributed by atoms with van der Waals surface area (Å²) in [6.45, 7) is 4.90. The number of hydrogen-bond donors (Lipinski definition) is 1. The summed E-state index contributed by atoms with van der Waals surface area (Å²) in [4.78, 5) is 0. The largest absolute Gasteiger partial charge is 0.310 e. The highest BCUT2D eigenvalue weighted by Crippen LogP contribution is 2.17. The average molecular weight is 292 g/mol. The smallest absolute Gasteiger partial charge is 0.123 e. The van der Waals surface area contributed by atoms with Crippen LogP contribution in [0.2, 0.25) is 5.02 Å². The molecule has 1 unspecified atom stereocenters. The van der Waals surface area contributed by atoms with Gasteiger partial charge in [-0.2, -0.15) is 0 Å². The van der Waals surface area contributed by atoms with Crippen LogP contribution in [0.3, 0.4) is 0 Å². The topological polar surface area (TPSA) is 12.0 Å². The third kappa shape index (κ3) is 4.06. The predicted octanol–water partition coefficient (Wildman–Crippen LogP) is 4.68. The molecule has 0 aliphatic rings. The van der Waals surface area contributed by atoms with E-state index < -0.39 is 0 Å². The van der Waals surface area contributed by atoms with Crippen molar-refractivity contribution in [2.24, 2.45) is 0 Å². The molecule has 2 aromatic rings. The molecule has 1 nitrogen and oxygen atoms in total. The van der Waals surface area contributed by atoms with Gasteiger partial charge < -0.3 is 5.32 Å². The summed E-state index contributed by atoms with van der Waals surface area (Å²) >= 11 is 5.99. The van der Waals surface area contributed by atoms with Gasteiger partial charge in [-0.25, -0.2) is 4.39 Å². The maximum atomic E-state index is 13.0. The van der Waals surface area contributed by atoms with Crippen LogP contribution in [0.15, 0.2) is 42.5 Å². The van der Waals surface area contributed by atoms with Crippen molar-refractivity contribution >= 4 is 11.6 Å². The van der Waals surface area contributed by atoms with Crippen molar-refractivity contribution in [3.05, 3.63) is 70.0 Å². The fourth-order valence-corrected chi connectivity index (χ4v) is 2.46. The summed E-state index contributed by atoms with van der Waals surface area (Å²) in [5.74, 6) is -0.175. The number of halogens is 2. The molecule has 1 N–H and O–H groups in total. The minimum Gasteiger partial charge on any atom is -0.310 e. The Kier molecular flexibility index (Phi) is 5.16. The maximum absolute atomic E-state index is 13.0. The lowest BCUT2D eigenvalue weighted by Crippen LogP contribution is -2.21. The summed E-state index contributed by atoms with van der Waals surface area (Å²) < 4.78 is 13.0. The van der Waals surface area contributed by atoms with Gasteiger partial charge in [0.15, 0.2) is 0 Å². The van der Waals surface area contributed by atoms with Crippen LogP contribution in [0.4, 0.5) is 4.39 Å². The molecule has 106 valence electrons. The van der Waals surface area contributed by atoms with E-state index in [0.29, 0.717) is 0 Å². The fourth-order valence-electron chi connectivity index (χ4n) is 2.26. The standard InChI is InChI=1S/C17H19ClFN/c1-12-10-17(19)7-6-14(12)8-9-20-13(2)15-4-3-5-16(18)11-15/h3-7,10-11,13,20H,8-9H2,1-2H3. The molecule has 0 aliphatic carbocycles. The number of benzene rings is 2. The first-order chi connectivity index (χ1) is 9.56. The highest BCUT2D eigenvalue weighted by atomic mass is 35.5. The van der Waals surface area contributed by atoms with E-state index in [0.717, 1.165) is 23.6 Å². The fraction of sp³-hybridized carbons (Fsp3) is 0.294. The van der Waals surface area contributed by atoms with E-state index in [2.05, 4.69) is 18.3 Å². The molecule has 0 fully saturated rings. The van der Waals surface area contributed by atoms with Gasteiger partial charge in [0.1, 0.15) is 5.82 Å². The molecule has 0 heterocycles. The van der Waals surface area contributed by atoms with Crippen molar-refractivity contribution in [1.29, 1.82) is 0 Å². The molecule has 0 spiro atoms. The van der Waals surface area contributed by atoms with Crippen molar-refractivity contribution in [2.45, 2.75) is 26.3 Å². The summed E-state index contributed by atoms with van der Waals surface area (Å²) in [5, 5.41) is 4.22. The van der Waals surface area contributed by atoms with E-state index in [9.17, 15) is 4.39 Å². The Morgan fingerprint density at radius 3 is 2.70 bits per heavy atom. The maximum Gasteiger partial charge on any atom is 0.123 e. The van der Waals surface area contributed by atoms with Gasteiger partial charge in [0, 0.05) is 11.1 Å². The number of nitrogens with one attached hydrogen (secondary N) is 1. The van der Waals surface area contributed by atoms with Gasteiger partial charge in [0.2, 0.25) is 0 Å². The van der Waals surface area contributed by atoms with Crippen LogP contribution < -0.4 is 5.32 Å². The highest BCUT2D eigenvalue weighted by Gasteiger charge is 2.06. The second-order valence-electron chi connectivity index (χ2n) is 5.05. The SMILES string of the molecule is Cc1cc(F)ccc1CCNC(C)c1cccc(Cl)c1. The van der Waals surface area contributed by atoms with Crippen molar-refractivity contribution < 1.29 is 4.39 Å². The first kappa shape index (κ1) is 15.0. The number of aryl methyl sites for hydroxylation is 1. The van der Waals surface area contributed by atoms with E-state index in [1.54, 1.807) is 6.07 Å². The van der Waals surface area contributed by atoms with Crippen molar-refractivity contribution in [3.63, 3.8) is 0 Å². The summed E-state index contributed by atoms with van der Waals surface area (Å²) in [7, 11) is 0. The zero-order chi connectivity index (χ0) is 14.5. The Morgan fingerprint density at radius 2 is 2.00 bits per heavy atom. The average Bonchev–Trinajstić information content (AvgIpc) is 2.41. The van der Waals surface area contributed by atoms with Gasteiger partial charge in [-0.3, -0.25) is 0 Å². The molecule has 3 heteroatoms. The molecule has 1 atom stereocenters. The van der Waals surface area contributed by atoms with Crippen molar-refractivity contribution in [2.75, 3.05) is 6.54 Å². The Bertz CT molecular complexity index is 583. The van der Waals surface area contributed by atoms with Crippen LogP contribution in [-0.4, -0.2) is 6.54 Å². The molecule has 0 bridgehead atoms. The van der Waals surface area contributed by atoms with Crippen molar-refractivity contribution in [3.8, 4) is 0 Å². The minimum absolute atomic E-state index is 0.175. The molecule has 0 radical (unpaired) electrons. The minimum atomic E-state index is -0.175. The Labute approximate surface area is 124 Å². The normalized spacial score (nSPS) is 12.4. The van der Waals surface area contributed by atoms with Crippen LogP contribution in [0.1, 0.15) is 29.7 Å². The van der Waals surface area contributed by atoms with Crippen LogP contribution in [0.5, 0.6) is 0 Å². The van der Waals surface area contributed by atoms with E-state index in [1.165, 1.54) is 17.2 Å². The quantitative estimate of drug-likeness (QED) is 0.843. The van der Waals surface area contributed by atoms with Crippen LogP contribution >= 0.6 is 11.6 Å². The van der Waals surface area contributed by atoms with Crippen LogP contribution in [-0.2, 0) is 6.42 Å². The molecule has 2 rings (SSSR count). The molecule has 0 saturated heterocycles. The summed E-state index contributed by atoms with van der Waals surface area (Å²) in [6.07, 6.45) is 0.886. The van der Waals surface area contributed by atoms with Gasteiger partial charge >= 0.3 is 0 Å². The van der Waals surface area contributed by atoms with Crippen LogP contribution in [0.25, 0.3) is 0 Å². The van der Waals surface area contributed by atoms with Gasteiger partial charge in [-0.1, -0.05) is 29.8 Å². The second kappa shape index (κ2) is 6.87. The lowest BCUT2D eigenvalue weighted by atomic mass is 10.0. The molecule has 2 aromatic carbocycles. The molecule has 0 saturated carbocycles. The van der Waals surface area contributed by atoms with Gasteiger partial charge in [0.05, 0.1) is 0 Å². The lowest BCUT2D eigenvalue weighted by molar-refractivity contribution is 0.575. The van der Waals surface area contributed by atoms with Gasteiger partial charge in [-0.15, -0.1) is 0 Å². The third-order valence-electron chi connectivity index (χ3n) is 3.50. The zero-order valence-electron chi connectivity index (χ0n) is 11.8. The Hall–Kier alpha value is -1.38. The zero-order valence-corrected chi connectivity index (χ0v) is 12.5. The van der Waals surface area contributed by atoms with E-state index in [-0.39, 0.29) is 11.9 Å². The third-order valence-corrected chi connectivity index (χ3v) is 3.73. The molecule has 0 amide bonds. The van der Waals surface area contributed by atoms with Gasteiger partial charge in [-0.05, 0) is 67.8 Å². The Balaban J connectivity index is 1.89. The highest BCUT2D eigenvalue weighted by molar-refractivity contribution is 6.30. The summed E-state index contributed by atoms with van der Waals surface area (Å²) in [6, 6.07) is 13.1. The molecule has 0 aromatic heterocycles.